The SMILES string of the molecule is [B]c1nc2c(OC)cc(C(=O)O)cc2cc1Br. The molecule has 0 aliphatic rings. The van der Waals surface area contributed by atoms with Crippen molar-refractivity contribution in [3.8, 4) is 5.75 Å². The molecule has 0 aliphatic carbocycles. The normalized spacial score (nSPS) is 10.5. The van der Waals surface area contributed by atoms with Gasteiger partial charge in [-0.2, -0.15) is 0 Å². The number of hydrogen-bond donors (Lipinski definition) is 1. The number of aromatic nitrogens is 1. The number of nitrogens with zero attached hydrogens (tertiary/aromatic N) is 1. The van der Waals surface area contributed by atoms with Gasteiger partial charge in [-0.15, -0.1) is 0 Å². The summed E-state index contributed by atoms with van der Waals surface area (Å²) in [5.41, 5.74) is 1.02. The number of ether oxygens (including phenoxy) is 1. The van der Waals surface area contributed by atoms with E-state index in [2.05, 4.69) is 20.9 Å². The van der Waals surface area contributed by atoms with Crippen molar-refractivity contribution < 1.29 is 14.6 Å². The number of aromatic carboxylic acids is 1. The van der Waals surface area contributed by atoms with Gasteiger partial charge in [0.15, 0.2) is 0 Å². The third-order valence-electron chi connectivity index (χ3n) is 2.33. The molecule has 84 valence electrons. The summed E-state index contributed by atoms with van der Waals surface area (Å²) >= 11 is 3.25. The van der Waals surface area contributed by atoms with Crippen LogP contribution in [-0.4, -0.2) is 31.0 Å². The van der Waals surface area contributed by atoms with Gasteiger partial charge >= 0.3 is 5.97 Å². The summed E-state index contributed by atoms with van der Waals surface area (Å²) < 4.78 is 5.74. The van der Waals surface area contributed by atoms with E-state index >= 15 is 0 Å². The van der Waals surface area contributed by atoms with Gasteiger partial charge in [0.1, 0.15) is 19.1 Å². The van der Waals surface area contributed by atoms with E-state index in [-0.39, 0.29) is 5.56 Å². The van der Waals surface area contributed by atoms with Crippen LogP contribution in [0.4, 0.5) is 0 Å². The van der Waals surface area contributed by atoms with Gasteiger partial charge in [-0.3, -0.25) is 4.98 Å². The fraction of sp³-hybridized carbons (Fsp3) is 0.0909. The maximum atomic E-state index is 11.0. The summed E-state index contributed by atoms with van der Waals surface area (Å²) in [6.45, 7) is 0. The van der Waals surface area contributed by atoms with Gasteiger partial charge in [0.05, 0.1) is 12.7 Å². The molecule has 0 unspecified atom stereocenters. The van der Waals surface area contributed by atoms with E-state index in [1.807, 2.05) is 0 Å². The van der Waals surface area contributed by atoms with Crippen molar-refractivity contribution in [3.05, 3.63) is 28.2 Å². The molecule has 0 saturated heterocycles. The van der Waals surface area contributed by atoms with Gasteiger partial charge in [0, 0.05) is 15.5 Å². The van der Waals surface area contributed by atoms with Crippen LogP contribution < -0.4 is 10.3 Å². The molecule has 2 radical (unpaired) electrons. The van der Waals surface area contributed by atoms with Crippen LogP contribution in [0, 0.1) is 0 Å². The van der Waals surface area contributed by atoms with Crippen LogP contribution in [0.25, 0.3) is 10.9 Å². The number of carboxylic acid groups (broad SMARTS) is 1. The molecule has 0 fully saturated rings. The van der Waals surface area contributed by atoms with E-state index in [0.717, 1.165) is 0 Å². The average molecular weight is 292 g/mol. The Balaban J connectivity index is 2.82. The minimum absolute atomic E-state index is 0.146. The summed E-state index contributed by atoms with van der Waals surface area (Å²) in [4.78, 5) is 15.1. The van der Waals surface area contributed by atoms with Gasteiger partial charge < -0.3 is 9.84 Å². The van der Waals surface area contributed by atoms with Crippen LogP contribution in [-0.2, 0) is 0 Å². The lowest BCUT2D eigenvalue weighted by molar-refractivity contribution is 0.0696. The van der Waals surface area contributed by atoms with Crippen LogP contribution in [0.5, 0.6) is 5.75 Å². The number of fused-ring (bicyclic) bond motifs is 1. The second kappa shape index (κ2) is 4.37. The monoisotopic (exact) mass is 291 g/mol. The fourth-order valence-corrected chi connectivity index (χ4v) is 1.86. The molecule has 0 atom stereocenters. The topological polar surface area (TPSA) is 59.4 Å². The molecule has 1 N–H and O–H groups in total. The van der Waals surface area contributed by atoms with Gasteiger partial charge in [0.25, 0.3) is 0 Å². The predicted molar refractivity (Wildman–Crippen MR) is 68.3 cm³/mol. The smallest absolute Gasteiger partial charge is 0.335 e. The summed E-state index contributed by atoms with van der Waals surface area (Å²) in [5, 5.41) is 9.63. The molecule has 1 aromatic heterocycles. The molecule has 0 saturated carbocycles. The quantitative estimate of drug-likeness (QED) is 0.852. The zero-order valence-corrected chi connectivity index (χ0v) is 10.5. The first kappa shape index (κ1) is 11.9. The molecule has 0 aliphatic heterocycles. The molecule has 4 nitrogen and oxygen atoms in total. The maximum Gasteiger partial charge on any atom is 0.335 e. The Morgan fingerprint density at radius 2 is 2.18 bits per heavy atom. The molecule has 1 heterocycles. The number of carbonyl (C=O) groups is 1. The summed E-state index contributed by atoms with van der Waals surface area (Å²) in [6, 6.07) is 4.66. The van der Waals surface area contributed by atoms with Crippen molar-refractivity contribution in [2.75, 3.05) is 7.11 Å². The summed E-state index contributed by atoms with van der Waals surface area (Å²) in [5.74, 6) is -0.628. The maximum absolute atomic E-state index is 11.0. The van der Waals surface area contributed by atoms with Crippen molar-refractivity contribution in [1.82, 2.24) is 4.98 Å². The van der Waals surface area contributed by atoms with E-state index in [4.69, 9.17) is 17.7 Å². The zero-order valence-electron chi connectivity index (χ0n) is 8.90. The zero-order chi connectivity index (χ0) is 12.6. The van der Waals surface area contributed by atoms with Crippen molar-refractivity contribution in [2.24, 2.45) is 0 Å². The molecular formula is C11H7BBrNO3. The van der Waals surface area contributed by atoms with Gasteiger partial charge in [0.2, 0.25) is 0 Å². The number of hydrogen-bond acceptors (Lipinski definition) is 3. The Labute approximate surface area is 107 Å². The molecule has 6 heteroatoms. The Hall–Kier alpha value is -1.56. The van der Waals surface area contributed by atoms with E-state index in [1.54, 1.807) is 6.07 Å². The minimum atomic E-state index is -1.02. The molecule has 1 aromatic carbocycles. The highest BCUT2D eigenvalue weighted by Crippen LogP contribution is 2.26. The Morgan fingerprint density at radius 3 is 2.76 bits per heavy atom. The standard InChI is InChI=1S/C11H7BBrNO3/c1-17-8-4-6(11(15)16)2-5-3-7(13)10(12)14-9(5)8/h2-4H,1H3,(H,15,16). The van der Waals surface area contributed by atoms with Crippen molar-refractivity contribution in [1.29, 1.82) is 0 Å². The minimum Gasteiger partial charge on any atom is -0.494 e. The van der Waals surface area contributed by atoms with Crippen LogP contribution in [0.3, 0.4) is 0 Å². The molecule has 0 amide bonds. The van der Waals surface area contributed by atoms with Crippen LogP contribution in [0.15, 0.2) is 22.7 Å². The summed E-state index contributed by atoms with van der Waals surface area (Å²) in [6.07, 6.45) is 0. The average Bonchev–Trinajstić information content (AvgIpc) is 2.29. The molecule has 17 heavy (non-hydrogen) atoms. The van der Waals surface area contributed by atoms with Gasteiger partial charge in [-0.1, -0.05) is 0 Å². The van der Waals surface area contributed by atoms with Crippen LogP contribution >= 0.6 is 15.9 Å². The van der Waals surface area contributed by atoms with E-state index in [9.17, 15) is 4.79 Å². The first-order valence-electron chi connectivity index (χ1n) is 4.70. The summed E-state index contributed by atoms with van der Waals surface area (Å²) in [7, 11) is 7.14. The first-order valence-corrected chi connectivity index (χ1v) is 5.49. The van der Waals surface area contributed by atoms with Gasteiger partial charge in [-0.25, -0.2) is 4.79 Å². The second-order valence-electron chi connectivity index (χ2n) is 3.41. The van der Waals surface area contributed by atoms with Crippen LogP contribution in [0.2, 0.25) is 0 Å². The van der Waals surface area contributed by atoms with E-state index < -0.39 is 5.97 Å². The van der Waals surface area contributed by atoms with E-state index in [0.29, 0.717) is 26.7 Å². The second-order valence-corrected chi connectivity index (χ2v) is 4.27. The number of benzene rings is 1. The van der Waals surface area contributed by atoms with Gasteiger partial charge in [-0.05, 0) is 34.1 Å². The number of methoxy groups -OCH3 is 1. The predicted octanol–water partition coefficient (Wildman–Crippen LogP) is 1.50. The third kappa shape index (κ3) is 2.13. The highest BCUT2D eigenvalue weighted by atomic mass is 79.9. The molecule has 2 aromatic rings. The number of carboxylic acids is 1. The highest BCUT2D eigenvalue weighted by Gasteiger charge is 2.11. The molecular weight excluding hydrogens is 285 g/mol. The van der Waals surface area contributed by atoms with Crippen molar-refractivity contribution in [2.45, 2.75) is 0 Å². The highest BCUT2D eigenvalue weighted by molar-refractivity contribution is 9.10. The number of halogens is 1. The van der Waals surface area contributed by atoms with E-state index in [1.165, 1.54) is 19.2 Å². The third-order valence-corrected chi connectivity index (χ3v) is 2.97. The number of pyridine rings is 1. The number of rotatable bonds is 2. The Bertz CT molecular complexity index is 615. The first-order chi connectivity index (χ1) is 8.02. The van der Waals surface area contributed by atoms with Crippen molar-refractivity contribution in [3.63, 3.8) is 0 Å². The lowest BCUT2D eigenvalue weighted by Crippen LogP contribution is -2.10. The molecule has 0 spiro atoms. The molecule has 0 bridgehead atoms. The largest absolute Gasteiger partial charge is 0.494 e. The Kier molecular flexibility index (Phi) is 3.06. The molecule has 2 rings (SSSR count). The van der Waals surface area contributed by atoms with Crippen molar-refractivity contribution >= 4 is 46.2 Å². The van der Waals surface area contributed by atoms with Crippen LogP contribution in [0.1, 0.15) is 10.4 Å². The fourth-order valence-electron chi connectivity index (χ4n) is 1.52. The lowest BCUT2D eigenvalue weighted by atomic mass is 10.0. The lowest BCUT2D eigenvalue weighted by Gasteiger charge is -2.08. The Morgan fingerprint density at radius 1 is 1.47 bits per heavy atom.